The quantitative estimate of drug-likeness (QED) is 0.881. The normalized spacial score (nSPS) is 14.5. The van der Waals surface area contributed by atoms with Gasteiger partial charge in [0.15, 0.2) is 0 Å². The van der Waals surface area contributed by atoms with E-state index in [1.165, 1.54) is 23.8 Å². The summed E-state index contributed by atoms with van der Waals surface area (Å²) in [5.41, 5.74) is 7.43. The Labute approximate surface area is 123 Å². The zero-order valence-electron chi connectivity index (χ0n) is 11.4. The molecular formula is C16H19FN2S. The molecule has 0 radical (unpaired) electrons. The van der Waals surface area contributed by atoms with Crippen molar-refractivity contribution in [2.45, 2.75) is 31.8 Å². The van der Waals surface area contributed by atoms with Crippen LogP contribution in [0.5, 0.6) is 0 Å². The van der Waals surface area contributed by atoms with Crippen LogP contribution in [-0.4, -0.2) is 12.6 Å². The summed E-state index contributed by atoms with van der Waals surface area (Å²) in [4.78, 5) is 3.67. The Morgan fingerprint density at radius 3 is 2.75 bits per heavy atom. The van der Waals surface area contributed by atoms with Gasteiger partial charge in [-0.3, -0.25) is 0 Å². The van der Waals surface area contributed by atoms with E-state index >= 15 is 0 Å². The lowest BCUT2D eigenvalue weighted by Crippen LogP contribution is -2.26. The molecule has 0 atom stereocenters. The molecule has 0 amide bonds. The number of hydrogen-bond acceptors (Lipinski definition) is 3. The molecule has 1 fully saturated rings. The fourth-order valence-electron chi connectivity index (χ4n) is 2.58. The van der Waals surface area contributed by atoms with E-state index in [9.17, 15) is 4.39 Å². The molecule has 2 N–H and O–H groups in total. The number of anilines is 1. The molecule has 2 nitrogen and oxygen atoms in total. The second-order valence-electron chi connectivity index (χ2n) is 5.21. The molecule has 1 saturated carbocycles. The number of thiophene rings is 1. The summed E-state index contributed by atoms with van der Waals surface area (Å²) in [6.07, 6.45) is 2.99. The molecule has 2 aromatic rings. The number of hydrogen-bond donors (Lipinski definition) is 1. The van der Waals surface area contributed by atoms with Gasteiger partial charge in [0.05, 0.1) is 6.54 Å². The molecule has 0 aliphatic heterocycles. The first kappa shape index (κ1) is 13.6. The number of nitrogens with zero attached hydrogens (tertiary/aromatic N) is 1. The summed E-state index contributed by atoms with van der Waals surface area (Å²) in [5.74, 6) is -0.134. The predicted molar refractivity (Wildman–Crippen MR) is 82.7 cm³/mol. The lowest BCUT2D eigenvalue weighted by molar-refractivity contribution is 0.607. The molecule has 1 aromatic carbocycles. The van der Waals surface area contributed by atoms with Crippen molar-refractivity contribution < 1.29 is 4.39 Å². The van der Waals surface area contributed by atoms with Crippen molar-refractivity contribution in [2.75, 3.05) is 11.4 Å². The van der Waals surface area contributed by atoms with E-state index in [4.69, 9.17) is 5.73 Å². The van der Waals surface area contributed by atoms with Crippen LogP contribution in [0.1, 0.15) is 23.3 Å². The Kier molecular flexibility index (Phi) is 4.03. The molecule has 3 rings (SSSR count). The van der Waals surface area contributed by atoms with E-state index in [0.717, 1.165) is 17.8 Å². The third-order valence-electron chi connectivity index (χ3n) is 3.69. The SMILES string of the molecule is NCCc1c(F)cccc1N(Cc1cccs1)C1CC1. The van der Waals surface area contributed by atoms with Gasteiger partial charge in [0.2, 0.25) is 0 Å². The monoisotopic (exact) mass is 290 g/mol. The molecule has 0 spiro atoms. The predicted octanol–water partition coefficient (Wildman–Crippen LogP) is 3.56. The van der Waals surface area contributed by atoms with Crippen LogP contribution in [0, 0.1) is 5.82 Å². The summed E-state index contributed by atoms with van der Waals surface area (Å²) in [5, 5.41) is 2.09. The molecule has 4 heteroatoms. The minimum atomic E-state index is -0.134. The van der Waals surface area contributed by atoms with Gasteiger partial charge >= 0.3 is 0 Å². The third kappa shape index (κ3) is 2.86. The summed E-state index contributed by atoms with van der Waals surface area (Å²) in [6.45, 7) is 1.34. The zero-order chi connectivity index (χ0) is 13.9. The molecule has 1 aromatic heterocycles. The standard InChI is InChI=1S/C16H19FN2S/c17-15-4-1-5-16(14(15)8-9-18)19(12-6-7-12)11-13-3-2-10-20-13/h1-5,10,12H,6-9,11,18H2. The Bertz CT molecular complexity index is 564. The highest BCUT2D eigenvalue weighted by molar-refractivity contribution is 7.09. The van der Waals surface area contributed by atoms with Crippen molar-refractivity contribution in [3.63, 3.8) is 0 Å². The van der Waals surface area contributed by atoms with Gasteiger partial charge in [-0.1, -0.05) is 12.1 Å². The average Bonchev–Trinajstić information content (AvgIpc) is 3.16. The molecule has 106 valence electrons. The van der Waals surface area contributed by atoms with E-state index in [-0.39, 0.29) is 5.82 Å². The van der Waals surface area contributed by atoms with E-state index in [1.54, 1.807) is 17.4 Å². The van der Waals surface area contributed by atoms with E-state index in [1.807, 2.05) is 6.07 Å². The molecule has 1 heterocycles. The zero-order valence-corrected chi connectivity index (χ0v) is 12.2. The molecule has 0 unspecified atom stereocenters. The van der Waals surface area contributed by atoms with Crippen molar-refractivity contribution in [2.24, 2.45) is 5.73 Å². The third-order valence-corrected chi connectivity index (χ3v) is 4.55. The van der Waals surface area contributed by atoms with Gasteiger partial charge in [-0.05, 0) is 49.4 Å². The second kappa shape index (κ2) is 5.94. The lowest BCUT2D eigenvalue weighted by Gasteiger charge is -2.27. The topological polar surface area (TPSA) is 29.3 Å². The van der Waals surface area contributed by atoms with Gasteiger partial charge in [-0.15, -0.1) is 11.3 Å². The highest BCUT2D eigenvalue weighted by atomic mass is 32.1. The van der Waals surface area contributed by atoms with Crippen molar-refractivity contribution >= 4 is 17.0 Å². The summed E-state index contributed by atoms with van der Waals surface area (Å²) in [6, 6.07) is 10.1. The molecule has 1 aliphatic rings. The lowest BCUT2D eigenvalue weighted by atomic mass is 10.1. The smallest absolute Gasteiger partial charge is 0.128 e. The Morgan fingerprint density at radius 2 is 2.10 bits per heavy atom. The first-order valence-corrected chi connectivity index (χ1v) is 7.94. The maximum atomic E-state index is 14.1. The largest absolute Gasteiger partial charge is 0.363 e. The average molecular weight is 290 g/mol. The van der Waals surface area contributed by atoms with Gasteiger partial charge in [-0.25, -0.2) is 4.39 Å². The van der Waals surface area contributed by atoms with E-state index in [0.29, 0.717) is 19.0 Å². The maximum absolute atomic E-state index is 14.1. The van der Waals surface area contributed by atoms with Crippen molar-refractivity contribution in [3.05, 3.63) is 52.0 Å². The molecular weight excluding hydrogens is 271 g/mol. The molecule has 0 bridgehead atoms. The number of rotatable bonds is 6. The van der Waals surface area contributed by atoms with Crippen LogP contribution in [0.25, 0.3) is 0 Å². The number of benzene rings is 1. The van der Waals surface area contributed by atoms with Gasteiger partial charge in [0.1, 0.15) is 5.82 Å². The van der Waals surface area contributed by atoms with Crippen LogP contribution in [0.3, 0.4) is 0 Å². The van der Waals surface area contributed by atoms with Crippen LogP contribution in [0.4, 0.5) is 10.1 Å². The van der Waals surface area contributed by atoms with Crippen molar-refractivity contribution in [1.29, 1.82) is 0 Å². The molecule has 20 heavy (non-hydrogen) atoms. The van der Waals surface area contributed by atoms with Gasteiger partial charge in [0.25, 0.3) is 0 Å². The van der Waals surface area contributed by atoms with Crippen LogP contribution in [0.15, 0.2) is 35.7 Å². The van der Waals surface area contributed by atoms with Crippen molar-refractivity contribution in [3.8, 4) is 0 Å². The molecule has 0 saturated heterocycles. The van der Waals surface area contributed by atoms with Gasteiger partial charge < -0.3 is 10.6 Å². The summed E-state index contributed by atoms with van der Waals surface area (Å²) < 4.78 is 14.1. The Hall–Kier alpha value is -1.39. The van der Waals surface area contributed by atoms with E-state index < -0.39 is 0 Å². The first-order chi connectivity index (χ1) is 9.79. The van der Waals surface area contributed by atoms with Gasteiger partial charge in [0, 0.05) is 22.2 Å². The summed E-state index contributed by atoms with van der Waals surface area (Å²) in [7, 11) is 0. The van der Waals surface area contributed by atoms with Crippen molar-refractivity contribution in [1.82, 2.24) is 0 Å². The van der Waals surface area contributed by atoms with Gasteiger partial charge in [-0.2, -0.15) is 0 Å². The highest BCUT2D eigenvalue weighted by Crippen LogP contribution is 2.36. The number of halogens is 1. The van der Waals surface area contributed by atoms with Crippen LogP contribution in [-0.2, 0) is 13.0 Å². The highest BCUT2D eigenvalue weighted by Gasteiger charge is 2.31. The maximum Gasteiger partial charge on any atom is 0.128 e. The fraction of sp³-hybridized carbons (Fsp3) is 0.375. The number of nitrogens with two attached hydrogens (primary N) is 1. The Morgan fingerprint density at radius 1 is 1.25 bits per heavy atom. The van der Waals surface area contributed by atoms with Crippen LogP contribution < -0.4 is 10.6 Å². The fourth-order valence-corrected chi connectivity index (χ4v) is 3.28. The summed E-state index contributed by atoms with van der Waals surface area (Å²) >= 11 is 1.75. The molecule has 1 aliphatic carbocycles. The van der Waals surface area contributed by atoms with Crippen LogP contribution in [0.2, 0.25) is 0 Å². The first-order valence-electron chi connectivity index (χ1n) is 7.06. The van der Waals surface area contributed by atoms with Crippen LogP contribution >= 0.6 is 11.3 Å². The Balaban J connectivity index is 1.93. The minimum absolute atomic E-state index is 0.134. The van der Waals surface area contributed by atoms with E-state index in [2.05, 4.69) is 22.4 Å². The second-order valence-corrected chi connectivity index (χ2v) is 6.25. The minimum Gasteiger partial charge on any atom is -0.363 e.